The van der Waals surface area contributed by atoms with E-state index in [9.17, 15) is 27.6 Å². The summed E-state index contributed by atoms with van der Waals surface area (Å²) in [4.78, 5) is 12.8. The predicted octanol–water partition coefficient (Wildman–Crippen LogP) is 5.51. The number of nitrogens with one attached hydrogen (secondary N) is 2. The van der Waals surface area contributed by atoms with Gasteiger partial charge < -0.3 is 9.73 Å². The molecule has 1 heterocycles. The van der Waals surface area contributed by atoms with Crippen LogP contribution in [0.4, 0.5) is 17.6 Å². The Kier molecular flexibility index (Phi) is 5.83. The highest BCUT2D eigenvalue weighted by molar-refractivity contribution is 6.05. The van der Waals surface area contributed by atoms with Crippen LogP contribution >= 0.6 is 0 Å². The van der Waals surface area contributed by atoms with Crippen molar-refractivity contribution in [3.63, 3.8) is 0 Å². The van der Waals surface area contributed by atoms with Gasteiger partial charge in [-0.3, -0.25) is 10.1 Å². The predicted molar refractivity (Wildman–Crippen MR) is 115 cm³/mol. The number of hydrogen-bond donors (Lipinski definition) is 2. The molecule has 1 aliphatic carbocycles. The summed E-state index contributed by atoms with van der Waals surface area (Å²) in [6.45, 7) is 3.61. The van der Waals surface area contributed by atoms with Gasteiger partial charge in [-0.1, -0.05) is 26.0 Å². The molecule has 0 bridgehead atoms. The Morgan fingerprint density at radius 1 is 1.15 bits per heavy atom. The summed E-state index contributed by atoms with van der Waals surface area (Å²) in [5.41, 5.74) is -0.555. The van der Waals surface area contributed by atoms with Crippen molar-refractivity contribution in [2.24, 2.45) is 5.92 Å². The Labute approximate surface area is 187 Å². The Balaban J connectivity index is 1.68. The number of alkyl halides is 3. The average Bonchev–Trinajstić information content (AvgIpc) is 3.42. The molecule has 2 atom stereocenters. The molecule has 2 N–H and O–H groups in total. The minimum atomic E-state index is -4.70. The lowest BCUT2D eigenvalue weighted by molar-refractivity contribution is -0.161. The molecular formula is C24H23F4N3O2. The number of nitriles is 1. The molecule has 2 aromatic carbocycles. The van der Waals surface area contributed by atoms with Crippen molar-refractivity contribution in [3.8, 4) is 6.07 Å². The maximum Gasteiger partial charge on any atom is 0.407 e. The lowest BCUT2D eigenvalue weighted by atomic mass is 9.98. The fourth-order valence-corrected chi connectivity index (χ4v) is 3.96. The molecule has 1 saturated carbocycles. The zero-order valence-corrected chi connectivity index (χ0v) is 18.1. The summed E-state index contributed by atoms with van der Waals surface area (Å²) in [7, 11) is 0. The number of carbonyl (C=O) groups is 1. The monoisotopic (exact) mass is 461 g/mol. The third-order valence-electron chi connectivity index (χ3n) is 5.84. The van der Waals surface area contributed by atoms with Crippen LogP contribution in [0.1, 0.15) is 44.7 Å². The van der Waals surface area contributed by atoms with Gasteiger partial charge in [0.15, 0.2) is 0 Å². The number of fused-ring (bicyclic) bond motifs is 3. The van der Waals surface area contributed by atoms with Gasteiger partial charge in [0.25, 0.3) is 0 Å². The zero-order valence-electron chi connectivity index (χ0n) is 18.1. The average molecular weight is 461 g/mol. The fraction of sp³-hybridized carbons (Fsp3) is 0.417. The SMILES string of the molecule is CC(C)C[C@H](N[C@@H](c1ccc2c(c1)oc1ccc(F)cc12)C(F)(F)F)C(=O)NC1(C#N)CC1. The number of halogens is 4. The summed E-state index contributed by atoms with van der Waals surface area (Å²) in [5.74, 6) is -1.16. The quantitative estimate of drug-likeness (QED) is 0.455. The van der Waals surface area contributed by atoms with E-state index in [0.717, 1.165) is 0 Å². The van der Waals surface area contributed by atoms with E-state index in [1.165, 1.54) is 36.4 Å². The third-order valence-corrected chi connectivity index (χ3v) is 5.84. The molecule has 0 aliphatic heterocycles. The van der Waals surface area contributed by atoms with Crippen molar-refractivity contribution in [1.29, 1.82) is 5.26 Å². The van der Waals surface area contributed by atoms with Gasteiger partial charge in [0.05, 0.1) is 12.1 Å². The second-order valence-electron chi connectivity index (χ2n) is 9.00. The Morgan fingerprint density at radius 2 is 1.88 bits per heavy atom. The number of hydrogen-bond acceptors (Lipinski definition) is 4. The molecule has 1 aliphatic rings. The molecule has 1 fully saturated rings. The molecule has 0 spiro atoms. The van der Waals surface area contributed by atoms with E-state index in [1.54, 1.807) is 13.8 Å². The number of benzene rings is 2. The molecule has 9 heteroatoms. The van der Waals surface area contributed by atoms with Gasteiger partial charge in [-0.15, -0.1) is 0 Å². The van der Waals surface area contributed by atoms with Crippen LogP contribution in [0.5, 0.6) is 0 Å². The third kappa shape index (κ3) is 4.81. The Hall–Kier alpha value is -3.12. The van der Waals surface area contributed by atoms with Gasteiger partial charge in [0.2, 0.25) is 5.91 Å². The van der Waals surface area contributed by atoms with Crippen LogP contribution in [0.25, 0.3) is 21.9 Å². The van der Waals surface area contributed by atoms with Crippen LogP contribution in [-0.2, 0) is 4.79 Å². The molecule has 174 valence electrons. The van der Waals surface area contributed by atoms with E-state index in [-0.39, 0.29) is 23.5 Å². The van der Waals surface area contributed by atoms with Gasteiger partial charge in [0.1, 0.15) is 28.6 Å². The first-order valence-corrected chi connectivity index (χ1v) is 10.7. The van der Waals surface area contributed by atoms with Crippen molar-refractivity contribution in [2.45, 2.75) is 56.9 Å². The molecular weight excluding hydrogens is 438 g/mol. The van der Waals surface area contributed by atoms with E-state index in [1.807, 2.05) is 6.07 Å². The Morgan fingerprint density at radius 3 is 2.48 bits per heavy atom. The molecule has 0 unspecified atom stereocenters. The largest absolute Gasteiger partial charge is 0.456 e. The molecule has 0 radical (unpaired) electrons. The molecule has 4 rings (SSSR count). The topological polar surface area (TPSA) is 78.1 Å². The number of rotatable bonds is 7. The molecule has 1 aromatic heterocycles. The summed E-state index contributed by atoms with van der Waals surface area (Å²) in [5, 5.41) is 15.3. The number of furan rings is 1. The second kappa shape index (κ2) is 8.34. The summed E-state index contributed by atoms with van der Waals surface area (Å²) in [6.07, 6.45) is -3.58. The van der Waals surface area contributed by atoms with E-state index in [4.69, 9.17) is 4.42 Å². The maximum atomic E-state index is 14.1. The maximum absolute atomic E-state index is 14.1. The standard InChI is InChI=1S/C24H23F4N3O2/c1-13(2)9-18(22(32)31-23(12-29)7-8-23)30-21(24(26,27)28)14-3-5-16-17-11-15(25)4-6-19(17)33-20(16)10-14/h3-6,10-11,13,18,21,30H,7-9H2,1-2H3,(H,31,32)/t18-,21-/m0/s1. The highest BCUT2D eigenvalue weighted by Crippen LogP contribution is 2.38. The zero-order chi connectivity index (χ0) is 24.0. The smallest absolute Gasteiger partial charge is 0.407 e. The minimum Gasteiger partial charge on any atom is -0.456 e. The lowest BCUT2D eigenvalue weighted by Gasteiger charge is -2.29. The van der Waals surface area contributed by atoms with Crippen LogP contribution in [-0.4, -0.2) is 23.7 Å². The second-order valence-corrected chi connectivity index (χ2v) is 9.00. The van der Waals surface area contributed by atoms with Gasteiger partial charge >= 0.3 is 6.18 Å². The van der Waals surface area contributed by atoms with Crippen LogP contribution in [0, 0.1) is 23.1 Å². The highest BCUT2D eigenvalue weighted by atomic mass is 19.4. The van der Waals surface area contributed by atoms with Crippen molar-refractivity contribution in [2.75, 3.05) is 0 Å². The molecule has 3 aromatic rings. The van der Waals surface area contributed by atoms with Crippen LogP contribution in [0.15, 0.2) is 40.8 Å². The van der Waals surface area contributed by atoms with Crippen molar-refractivity contribution in [3.05, 3.63) is 47.8 Å². The highest BCUT2D eigenvalue weighted by Gasteiger charge is 2.47. The summed E-state index contributed by atoms with van der Waals surface area (Å²) < 4.78 is 61.6. The van der Waals surface area contributed by atoms with E-state index in [0.29, 0.717) is 29.2 Å². The van der Waals surface area contributed by atoms with E-state index >= 15 is 0 Å². The summed E-state index contributed by atoms with van der Waals surface area (Å²) in [6, 6.07) is 6.67. The normalized spacial score (nSPS) is 17.2. The van der Waals surface area contributed by atoms with Crippen molar-refractivity contribution < 1.29 is 26.8 Å². The first-order chi connectivity index (χ1) is 15.5. The Bertz CT molecular complexity index is 1240. The van der Waals surface area contributed by atoms with E-state index < -0.39 is 35.5 Å². The number of amides is 1. The molecule has 5 nitrogen and oxygen atoms in total. The van der Waals surface area contributed by atoms with Gasteiger partial charge in [0, 0.05) is 10.8 Å². The first kappa shape index (κ1) is 23.1. The van der Waals surface area contributed by atoms with Crippen LogP contribution < -0.4 is 10.6 Å². The minimum absolute atomic E-state index is 0.0629. The van der Waals surface area contributed by atoms with Gasteiger partial charge in [-0.05, 0) is 55.0 Å². The number of nitrogens with zero attached hydrogens (tertiary/aromatic N) is 1. The van der Waals surface area contributed by atoms with Crippen molar-refractivity contribution >= 4 is 27.8 Å². The molecule has 0 saturated heterocycles. The summed E-state index contributed by atoms with van der Waals surface area (Å²) >= 11 is 0. The molecule has 1 amide bonds. The fourth-order valence-electron chi connectivity index (χ4n) is 3.96. The van der Waals surface area contributed by atoms with Crippen LogP contribution in [0.3, 0.4) is 0 Å². The van der Waals surface area contributed by atoms with Gasteiger partial charge in [-0.2, -0.15) is 18.4 Å². The van der Waals surface area contributed by atoms with E-state index in [2.05, 4.69) is 10.6 Å². The first-order valence-electron chi connectivity index (χ1n) is 10.7. The lowest BCUT2D eigenvalue weighted by Crippen LogP contribution is -2.52. The van der Waals surface area contributed by atoms with Crippen molar-refractivity contribution in [1.82, 2.24) is 10.6 Å². The van der Waals surface area contributed by atoms with Crippen LogP contribution in [0.2, 0.25) is 0 Å². The number of carbonyl (C=O) groups excluding carboxylic acids is 1. The molecule has 33 heavy (non-hydrogen) atoms. The van der Waals surface area contributed by atoms with Gasteiger partial charge in [-0.25, -0.2) is 4.39 Å².